The number of aromatic nitrogens is 1. The number of hydrogen-bond acceptors (Lipinski definition) is 3. The van der Waals surface area contributed by atoms with Crippen LogP contribution in [0.3, 0.4) is 0 Å². The van der Waals surface area contributed by atoms with Crippen LogP contribution in [0.25, 0.3) is 0 Å². The van der Waals surface area contributed by atoms with Gasteiger partial charge in [-0.1, -0.05) is 19.3 Å². The van der Waals surface area contributed by atoms with E-state index in [0.717, 1.165) is 4.88 Å². The molecule has 0 amide bonds. The molecule has 14 heavy (non-hydrogen) atoms. The number of nitrogens with zero attached hydrogens (tertiary/aromatic N) is 1. The Kier molecular flexibility index (Phi) is 2.82. The van der Waals surface area contributed by atoms with Crippen molar-refractivity contribution in [1.82, 2.24) is 4.98 Å². The molecule has 2 rings (SSSR count). The second-order valence-corrected chi connectivity index (χ2v) is 4.87. The second kappa shape index (κ2) is 4.09. The lowest BCUT2D eigenvalue weighted by atomic mass is 9.90. The molecule has 0 radical (unpaired) electrons. The molecule has 0 unspecified atom stereocenters. The predicted octanol–water partition coefficient (Wildman–Crippen LogP) is 2.47. The number of amidine groups is 1. The van der Waals surface area contributed by atoms with E-state index in [9.17, 15) is 0 Å². The summed E-state index contributed by atoms with van der Waals surface area (Å²) in [6.07, 6.45) is 8.24. The molecule has 3 N–H and O–H groups in total. The first-order chi connectivity index (χ1) is 6.77. The highest BCUT2D eigenvalue weighted by atomic mass is 32.1. The fraction of sp³-hybridized carbons (Fsp3) is 0.600. The summed E-state index contributed by atoms with van der Waals surface area (Å²) in [6, 6.07) is 0. The van der Waals surface area contributed by atoms with Gasteiger partial charge in [-0.15, -0.1) is 11.3 Å². The van der Waals surface area contributed by atoms with Gasteiger partial charge < -0.3 is 5.73 Å². The third-order valence-corrected chi connectivity index (χ3v) is 3.94. The molecule has 0 spiro atoms. The molecule has 0 bridgehead atoms. The van der Waals surface area contributed by atoms with Gasteiger partial charge in [0.1, 0.15) is 5.84 Å². The van der Waals surface area contributed by atoms with Crippen molar-refractivity contribution in [2.24, 2.45) is 5.73 Å². The molecule has 1 aromatic heterocycles. The maximum absolute atomic E-state index is 7.31. The fourth-order valence-electron chi connectivity index (χ4n) is 1.95. The smallest absolute Gasteiger partial charge is 0.134 e. The second-order valence-electron chi connectivity index (χ2n) is 3.81. The average molecular weight is 209 g/mol. The number of nitrogens with two attached hydrogens (primary N) is 1. The minimum absolute atomic E-state index is 0.143. The van der Waals surface area contributed by atoms with Crippen molar-refractivity contribution in [3.63, 3.8) is 0 Å². The van der Waals surface area contributed by atoms with Crippen LogP contribution in [-0.2, 0) is 0 Å². The molecule has 0 aliphatic heterocycles. The lowest BCUT2D eigenvalue weighted by molar-refractivity contribution is 0.442. The molecule has 1 saturated carbocycles. The van der Waals surface area contributed by atoms with Crippen LogP contribution in [0.1, 0.15) is 47.9 Å². The number of thiazole rings is 1. The third-order valence-electron chi connectivity index (χ3n) is 2.74. The Bertz CT molecular complexity index is 326. The van der Waals surface area contributed by atoms with E-state index in [4.69, 9.17) is 11.1 Å². The summed E-state index contributed by atoms with van der Waals surface area (Å²) in [5, 5.41) is 8.49. The Morgan fingerprint density at radius 2 is 2.14 bits per heavy atom. The molecule has 1 aromatic rings. The summed E-state index contributed by atoms with van der Waals surface area (Å²) >= 11 is 1.59. The van der Waals surface area contributed by atoms with E-state index in [1.54, 1.807) is 17.5 Å². The van der Waals surface area contributed by atoms with Crippen LogP contribution in [-0.4, -0.2) is 10.8 Å². The molecular weight excluding hydrogens is 194 g/mol. The average Bonchev–Trinajstić information content (AvgIpc) is 2.68. The van der Waals surface area contributed by atoms with Crippen LogP contribution in [0.15, 0.2) is 6.20 Å². The summed E-state index contributed by atoms with van der Waals surface area (Å²) in [4.78, 5) is 5.17. The van der Waals surface area contributed by atoms with Gasteiger partial charge in [0.2, 0.25) is 0 Å². The van der Waals surface area contributed by atoms with E-state index in [2.05, 4.69) is 4.98 Å². The van der Waals surface area contributed by atoms with Crippen molar-refractivity contribution in [2.75, 3.05) is 0 Å². The Morgan fingerprint density at radius 1 is 1.43 bits per heavy atom. The normalized spacial score (nSPS) is 18.3. The summed E-state index contributed by atoms with van der Waals surface area (Å²) in [5.74, 6) is 0.770. The Morgan fingerprint density at radius 3 is 2.71 bits per heavy atom. The van der Waals surface area contributed by atoms with Crippen molar-refractivity contribution in [2.45, 2.75) is 38.0 Å². The SMILES string of the molecule is N=C(N)c1cnc(C2CCCCC2)s1. The Balaban J connectivity index is 2.11. The first-order valence-electron chi connectivity index (χ1n) is 5.07. The van der Waals surface area contributed by atoms with Gasteiger partial charge in [0, 0.05) is 12.1 Å². The van der Waals surface area contributed by atoms with Crippen molar-refractivity contribution < 1.29 is 0 Å². The molecule has 4 heteroatoms. The van der Waals surface area contributed by atoms with E-state index in [0.29, 0.717) is 5.92 Å². The van der Waals surface area contributed by atoms with E-state index < -0.39 is 0 Å². The van der Waals surface area contributed by atoms with Crippen molar-refractivity contribution >= 4 is 17.2 Å². The molecule has 0 atom stereocenters. The monoisotopic (exact) mass is 209 g/mol. The van der Waals surface area contributed by atoms with E-state index in [-0.39, 0.29) is 5.84 Å². The van der Waals surface area contributed by atoms with Crippen LogP contribution < -0.4 is 5.73 Å². The van der Waals surface area contributed by atoms with Crippen LogP contribution >= 0.6 is 11.3 Å². The zero-order valence-electron chi connectivity index (χ0n) is 8.12. The maximum Gasteiger partial charge on any atom is 0.134 e. The maximum atomic E-state index is 7.31. The first-order valence-corrected chi connectivity index (χ1v) is 5.89. The minimum atomic E-state index is 0.143. The van der Waals surface area contributed by atoms with Gasteiger partial charge in [-0.05, 0) is 12.8 Å². The van der Waals surface area contributed by atoms with Gasteiger partial charge in [0.05, 0.1) is 9.88 Å². The highest BCUT2D eigenvalue weighted by molar-refractivity contribution is 7.13. The van der Waals surface area contributed by atoms with Crippen LogP contribution in [0.4, 0.5) is 0 Å². The summed E-state index contributed by atoms with van der Waals surface area (Å²) in [7, 11) is 0. The lowest BCUT2D eigenvalue weighted by Crippen LogP contribution is -2.08. The topological polar surface area (TPSA) is 62.8 Å². The molecule has 3 nitrogen and oxygen atoms in total. The van der Waals surface area contributed by atoms with Crippen LogP contribution in [0, 0.1) is 5.41 Å². The number of nitrogen functional groups attached to an aromatic ring is 1. The van der Waals surface area contributed by atoms with E-state index >= 15 is 0 Å². The van der Waals surface area contributed by atoms with Crippen molar-refractivity contribution in [3.8, 4) is 0 Å². The summed E-state index contributed by atoms with van der Waals surface area (Å²) in [6.45, 7) is 0. The Hall–Kier alpha value is -0.900. The molecule has 1 aliphatic rings. The third kappa shape index (κ3) is 1.95. The zero-order chi connectivity index (χ0) is 9.97. The summed E-state index contributed by atoms with van der Waals surface area (Å²) < 4.78 is 0. The van der Waals surface area contributed by atoms with Crippen molar-refractivity contribution in [1.29, 1.82) is 5.41 Å². The quantitative estimate of drug-likeness (QED) is 0.580. The van der Waals surface area contributed by atoms with E-state index in [1.165, 1.54) is 37.1 Å². The van der Waals surface area contributed by atoms with Gasteiger partial charge in [0.15, 0.2) is 0 Å². The standard InChI is InChI=1S/C10H15N3S/c11-9(12)8-6-13-10(14-8)7-4-2-1-3-5-7/h6-7H,1-5H2,(H3,11,12). The fourth-order valence-corrected chi connectivity index (χ4v) is 2.90. The number of nitrogens with one attached hydrogen (secondary N) is 1. The van der Waals surface area contributed by atoms with E-state index in [1.807, 2.05) is 0 Å². The number of hydrogen-bond donors (Lipinski definition) is 2. The highest BCUT2D eigenvalue weighted by Gasteiger charge is 2.18. The molecular formula is C10H15N3S. The predicted molar refractivity (Wildman–Crippen MR) is 59.0 cm³/mol. The molecule has 0 saturated heterocycles. The van der Waals surface area contributed by atoms with Crippen molar-refractivity contribution in [3.05, 3.63) is 16.1 Å². The molecule has 76 valence electrons. The first kappa shape index (κ1) is 9.65. The number of rotatable bonds is 2. The summed E-state index contributed by atoms with van der Waals surface area (Å²) in [5.41, 5.74) is 5.41. The highest BCUT2D eigenvalue weighted by Crippen LogP contribution is 2.34. The van der Waals surface area contributed by atoms with Gasteiger partial charge in [-0.3, -0.25) is 5.41 Å². The zero-order valence-corrected chi connectivity index (χ0v) is 8.94. The largest absolute Gasteiger partial charge is 0.383 e. The van der Waals surface area contributed by atoms with Gasteiger partial charge >= 0.3 is 0 Å². The van der Waals surface area contributed by atoms with Gasteiger partial charge in [-0.2, -0.15) is 0 Å². The Labute approximate surface area is 87.9 Å². The minimum Gasteiger partial charge on any atom is -0.383 e. The molecule has 1 aliphatic carbocycles. The van der Waals surface area contributed by atoms with Gasteiger partial charge in [0.25, 0.3) is 0 Å². The van der Waals surface area contributed by atoms with Crippen LogP contribution in [0.2, 0.25) is 0 Å². The molecule has 1 fully saturated rings. The molecule has 0 aromatic carbocycles. The van der Waals surface area contributed by atoms with Gasteiger partial charge in [-0.25, -0.2) is 4.98 Å². The van der Waals surface area contributed by atoms with Crippen LogP contribution in [0.5, 0.6) is 0 Å². The molecule has 1 heterocycles. The lowest BCUT2D eigenvalue weighted by Gasteiger charge is -2.18.